The third-order valence-corrected chi connectivity index (χ3v) is 1.45. The van der Waals surface area contributed by atoms with Gasteiger partial charge in [0, 0.05) is 0 Å². The minimum Gasteiger partial charge on any atom is -0.369 e. The number of carbonyl (C=O) groups is 1. The molecule has 1 amide bonds. The average Bonchev–Trinajstić information content (AvgIpc) is 1.79. The van der Waals surface area contributed by atoms with Crippen molar-refractivity contribution in [2.24, 2.45) is 17.6 Å². The van der Waals surface area contributed by atoms with E-state index in [1.807, 2.05) is 0 Å². The van der Waals surface area contributed by atoms with Crippen molar-refractivity contribution in [1.29, 1.82) is 0 Å². The zero-order valence-corrected chi connectivity index (χ0v) is 6.98. The van der Waals surface area contributed by atoms with Crippen molar-refractivity contribution >= 4 is 5.91 Å². The highest BCUT2D eigenvalue weighted by Crippen LogP contribution is 2.30. The Morgan fingerprint density at radius 2 is 1.83 bits per heavy atom. The maximum Gasteiger partial charge on any atom is 0.400 e. The summed E-state index contributed by atoms with van der Waals surface area (Å²) in [6.07, 6.45) is -4.74. The number of amides is 1. The van der Waals surface area contributed by atoms with Gasteiger partial charge in [0.1, 0.15) is 5.92 Å². The zero-order valence-electron chi connectivity index (χ0n) is 6.98. The number of hydrogen-bond acceptors (Lipinski definition) is 1. The molecule has 0 saturated carbocycles. The first kappa shape index (κ1) is 11.3. The van der Waals surface area contributed by atoms with Crippen molar-refractivity contribution in [3.05, 3.63) is 0 Å². The van der Waals surface area contributed by atoms with Crippen molar-refractivity contribution in [2.45, 2.75) is 26.4 Å². The number of halogens is 3. The fourth-order valence-electron chi connectivity index (χ4n) is 0.882. The first-order valence-electron chi connectivity index (χ1n) is 3.61. The molecule has 2 nitrogen and oxygen atoms in total. The fraction of sp³-hybridized carbons (Fsp3) is 0.857. The molecule has 0 aliphatic rings. The van der Waals surface area contributed by atoms with Gasteiger partial charge in [-0.25, -0.2) is 0 Å². The smallest absolute Gasteiger partial charge is 0.369 e. The first-order valence-corrected chi connectivity index (χ1v) is 3.61. The second-order valence-electron chi connectivity index (χ2n) is 3.13. The van der Waals surface area contributed by atoms with Gasteiger partial charge >= 0.3 is 6.18 Å². The lowest BCUT2D eigenvalue weighted by Crippen LogP contribution is -2.36. The SMILES string of the molecule is CC(C)CC(C(N)=O)C(F)(F)F. The number of carbonyl (C=O) groups excluding carboxylic acids is 1. The molecule has 0 saturated heterocycles. The summed E-state index contributed by atoms with van der Waals surface area (Å²) in [5.74, 6) is -3.49. The number of nitrogens with two attached hydrogens (primary N) is 1. The molecule has 72 valence electrons. The van der Waals surface area contributed by atoms with Crippen LogP contribution in [0.15, 0.2) is 0 Å². The van der Waals surface area contributed by atoms with Gasteiger partial charge in [0.15, 0.2) is 0 Å². The molecule has 0 aromatic heterocycles. The van der Waals surface area contributed by atoms with Crippen molar-refractivity contribution < 1.29 is 18.0 Å². The van der Waals surface area contributed by atoms with Gasteiger partial charge in [-0.2, -0.15) is 13.2 Å². The third kappa shape index (κ3) is 3.59. The Hall–Kier alpha value is -0.740. The molecule has 0 aromatic carbocycles. The Balaban J connectivity index is 4.35. The molecule has 0 radical (unpaired) electrons. The molecule has 0 bridgehead atoms. The van der Waals surface area contributed by atoms with Gasteiger partial charge in [0.05, 0.1) is 0 Å². The van der Waals surface area contributed by atoms with E-state index in [0.717, 1.165) is 0 Å². The van der Waals surface area contributed by atoms with E-state index >= 15 is 0 Å². The molecular formula is C7H12F3NO. The van der Waals surface area contributed by atoms with Crippen LogP contribution in [-0.2, 0) is 4.79 Å². The van der Waals surface area contributed by atoms with Gasteiger partial charge < -0.3 is 5.73 Å². The summed E-state index contributed by atoms with van der Waals surface area (Å²) in [6.45, 7) is 3.23. The summed E-state index contributed by atoms with van der Waals surface area (Å²) in [4.78, 5) is 10.4. The fourth-order valence-corrected chi connectivity index (χ4v) is 0.882. The Kier molecular flexibility index (Phi) is 3.55. The normalized spacial score (nSPS) is 14.8. The van der Waals surface area contributed by atoms with Crippen LogP contribution < -0.4 is 5.73 Å². The Labute approximate surface area is 68.9 Å². The van der Waals surface area contributed by atoms with Gasteiger partial charge in [-0.15, -0.1) is 0 Å². The highest BCUT2D eigenvalue weighted by molar-refractivity contribution is 5.77. The van der Waals surface area contributed by atoms with Crippen LogP contribution in [0, 0.1) is 11.8 Å². The molecule has 0 aromatic rings. The van der Waals surface area contributed by atoms with E-state index in [-0.39, 0.29) is 12.3 Å². The topological polar surface area (TPSA) is 43.1 Å². The minimum atomic E-state index is -4.50. The molecule has 5 heteroatoms. The van der Waals surface area contributed by atoms with Crippen LogP contribution >= 0.6 is 0 Å². The summed E-state index contributed by atoms with van der Waals surface area (Å²) < 4.78 is 36.1. The van der Waals surface area contributed by atoms with Crippen molar-refractivity contribution in [2.75, 3.05) is 0 Å². The van der Waals surface area contributed by atoms with E-state index in [0.29, 0.717) is 0 Å². The van der Waals surface area contributed by atoms with Crippen molar-refractivity contribution in [3.63, 3.8) is 0 Å². The molecule has 0 rings (SSSR count). The number of alkyl halides is 3. The first-order chi connectivity index (χ1) is 5.25. The highest BCUT2D eigenvalue weighted by Gasteiger charge is 2.43. The molecule has 0 fully saturated rings. The summed E-state index contributed by atoms with van der Waals surface area (Å²) in [7, 11) is 0. The van der Waals surface area contributed by atoms with E-state index in [2.05, 4.69) is 5.73 Å². The van der Waals surface area contributed by atoms with Crippen LogP contribution in [0.5, 0.6) is 0 Å². The maximum absolute atomic E-state index is 12.0. The third-order valence-electron chi connectivity index (χ3n) is 1.45. The second-order valence-corrected chi connectivity index (χ2v) is 3.13. The Morgan fingerprint density at radius 1 is 1.42 bits per heavy atom. The highest BCUT2D eigenvalue weighted by atomic mass is 19.4. The van der Waals surface area contributed by atoms with Crippen LogP contribution in [-0.4, -0.2) is 12.1 Å². The van der Waals surface area contributed by atoms with Crippen LogP contribution in [0.4, 0.5) is 13.2 Å². The molecule has 2 N–H and O–H groups in total. The number of hydrogen-bond donors (Lipinski definition) is 1. The molecule has 0 aliphatic heterocycles. The standard InChI is InChI=1S/C7H12F3NO/c1-4(2)3-5(6(11)12)7(8,9)10/h4-5H,3H2,1-2H3,(H2,11,12). The van der Waals surface area contributed by atoms with Crippen LogP contribution in [0.1, 0.15) is 20.3 Å². The second kappa shape index (κ2) is 3.78. The van der Waals surface area contributed by atoms with Gasteiger partial charge in [-0.05, 0) is 12.3 Å². The van der Waals surface area contributed by atoms with Crippen molar-refractivity contribution in [3.8, 4) is 0 Å². The molecule has 0 spiro atoms. The van der Waals surface area contributed by atoms with Crippen LogP contribution in [0.25, 0.3) is 0 Å². The molecular weight excluding hydrogens is 171 g/mol. The van der Waals surface area contributed by atoms with E-state index in [1.54, 1.807) is 13.8 Å². The minimum absolute atomic E-state index is 0.191. The molecule has 0 aliphatic carbocycles. The lowest BCUT2D eigenvalue weighted by atomic mass is 9.96. The summed E-state index contributed by atoms with van der Waals surface area (Å²) in [5.41, 5.74) is 4.61. The van der Waals surface area contributed by atoms with E-state index in [9.17, 15) is 18.0 Å². The monoisotopic (exact) mass is 183 g/mol. The summed E-state index contributed by atoms with van der Waals surface area (Å²) in [6, 6.07) is 0. The van der Waals surface area contributed by atoms with E-state index < -0.39 is 18.0 Å². The quantitative estimate of drug-likeness (QED) is 0.710. The number of rotatable bonds is 3. The number of primary amides is 1. The van der Waals surface area contributed by atoms with Gasteiger partial charge in [0.25, 0.3) is 0 Å². The predicted molar refractivity (Wildman–Crippen MR) is 38.2 cm³/mol. The summed E-state index contributed by atoms with van der Waals surface area (Å²) >= 11 is 0. The molecule has 0 heterocycles. The van der Waals surface area contributed by atoms with Crippen LogP contribution in [0.2, 0.25) is 0 Å². The van der Waals surface area contributed by atoms with Crippen LogP contribution in [0.3, 0.4) is 0 Å². The molecule has 12 heavy (non-hydrogen) atoms. The maximum atomic E-state index is 12.0. The van der Waals surface area contributed by atoms with Gasteiger partial charge in [-0.3, -0.25) is 4.79 Å². The lowest BCUT2D eigenvalue weighted by molar-refractivity contribution is -0.183. The van der Waals surface area contributed by atoms with Crippen molar-refractivity contribution in [1.82, 2.24) is 0 Å². The van der Waals surface area contributed by atoms with E-state index in [4.69, 9.17) is 0 Å². The molecule has 1 unspecified atom stereocenters. The van der Waals surface area contributed by atoms with E-state index in [1.165, 1.54) is 0 Å². The Bertz CT molecular complexity index is 165. The summed E-state index contributed by atoms with van der Waals surface area (Å²) in [5, 5.41) is 0. The van der Waals surface area contributed by atoms with Gasteiger partial charge in [0.2, 0.25) is 5.91 Å². The molecule has 1 atom stereocenters. The van der Waals surface area contributed by atoms with Gasteiger partial charge in [-0.1, -0.05) is 13.8 Å². The average molecular weight is 183 g/mol. The zero-order chi connectivity index (χ0) is 9.94. The Morgan fingerprint density at radius 3 is 1.92 bits per heavy atom. The predicted octanol–water partition coefficient (Wildman–Crippen LogP) is 1.70. The lowest BCUT2D eigenvalue weighted by Gasteiger charge is -2.18. The largest absolute Gasteiger partial charge is 0.400 e.